The normalized spacial score (nSPS) is 17.2. The Kier molecular flexibility index (Phi) is 9.78. The summed E-state index contributed by atoms with van der Waals surface area (Å²) in [6.07, 6.45) is -0.179. The molecule has 1 fully saturated rings. The molecule has 1 saturated carbocycles. The van der Waals surface area contributed by atoms with Crippen molar-refractivity contribution in [3.63, 3.8) is 0 Å². The van der Waals surface area contributed by atoms with Crippen molar-refractivity contribution in [2.24, 2.45) is 0 Å². The highest BCUT2D eigenvalue weighted by molar-refractivity contribution is 5.71. The number of hydrogen-bond acceptors (Lipinski definition) is 1. The van der Waals surface area contributed by atoms with Crippen LogP contribution in [-0.4, -0.2) is 6.10 Å². The Morgan fingerprint density at radius 1 is 0.636 bits per heavy atom. The lowest BCUT2D eigenvalue weighted by Gasteiger charge is -2.31. The second-order valence-electron chi connectivity index (χ2n) is 11.5. The van der Waals surface area contributed by atoms with Gasteiger partial charge in [0.1, 0.15) is 17.2 Å². The summed E-state index contributed by atoms with van der Waals surface area (Å²) in [6, 6.07) is 18.7. The molecular weight excluding hydrogens is 581 g/mol. The highest BCUT2D eigenvalue weighted by Gasteiger charge is 2.42. The van der Waals surface area contributed by atoms with E-state index in [2.05, 4.69) is 19.1 Å². The Morgan fingerprint density at radius 2 is 1.14 bits per heavy atom. The monoisotopic (exact) mass is 614 g/mol. The van der Waals surface area contributed by atoms with E-state index in [1.807, 2.05) is 24.3 Å². The van der Waals surface area contributed by atoms with E-state index in [0.29, 0.717) is 5.56 Å². The van der Waals surface area contributed by atoms with Crippen LogP contribution in [0.15, 0.2) is 72.8 Å². The van der Waals surface area contributed by atoms with Crippen LogP contribution in [0.3, 0.4) is 0 Å². The molecule has 5 rings (SSSR count). The molecule has 0 atom stereocenters. The predicted molar refractivity (Wildman–Crippen MR) is 157 cm³/mol. The van der Waals surface area contributed by atoms with Crippen LogP contribution in [0.2, 0.25) is 0 Å². The third-order valence-electron chi connectivity index (χ3n) is 8.37. The van der Waals surface area contributed by atoms with Gasteiger partial charge in [0, 0.05) is 0 Å². The first kappa shape index (κ1) is 31.8. The van der Waals surface area contributed by atoms with E-state index >= 15 is 17.6 Å². The zero-order valence-corrected chi connectivity index (χ0v) is 24.3. The molecule has 8 heteroatoms. The molecule has 1 aliphatic carbocycles. The molecule has 0 saturated heterocycles. The van der Waals surface area contributed by atoms with Crippen LogP contribution < -0.4 is 0 Å². The maximum Gasteiger partial charge on any atom is 0.389 e. The molecule has 44 heavy (non-hydrogen) atoms. The third kappa shape index (κ3) is 7.17. The predicted octanol–water partition coefficient (Wildman–Crippen LogP) is 11.2. The second kappa shape index (κ2) is 13.6. The van der Waals surface area contributed by atoms with Crippen molar-refractivity contribution in [2.75, 3.05) is 0 Å². The molecule has 0 aliphatic heterocycles. The van der Waals surface area contributed by atoms with Gasteiger partial charge in [-0.2, -0.15) is 8.78 Å². The Bertz CT molecular complexity index is 1530. The van der Waals surface area contributed by atoms with Crippen molar-refractivity contribution in [3.8, 4) is 22.3 Å². The van der Waals surface area contributed by atoms with Crippen molar-refractivity contribution in [3.05, 3.63) is 119 Å². The number of benzene rings is 4. The minimum absolute atomic E-state index is 0.0656. The maximum atomic E-state index is 15.1. The number of alkyl halides is 2. The van der Waals surface area contributed by atoms with Gasteiger partial charge in [-0.1, -0.05) is 68.3 Å². The van der Waals surface area contributed by atoms with Gasteiger partial charge in [0.2, 0.25) is 0 Å². The van der Waals surface area contributed by atoms with E-state index in [9.17, 15) is 13.2 Å². The van der Waals surface area contributed by atoms with E-state index in [1.165, 1.54) is 12.0 Å². The van der Waals surface area contributed by atoms with E-state index in [1.54, 1.807) is 12.1 Å². The quantitative estimate of drug-likeness (QED) is 0.0981. The molecule has 0 radical (unpaired) electrons. The fourth-order valence-electron chi connectivity index (χ4n) is 5.91. The Morgan fingerprint density at radius 3 is 1.66 bits per heavy atom. The molecule has 0 aromatic heterocycles. The molecule has 4 aromatic carbocycles. The van der Waals surface area contributed by atoms with E-state index < -0.39 is 46.9 Å². The third-order valence-corrected chi connectivity index (χ3v) is 8.37. The largest absolute Gasteiger partial charge is 0.389 e. The highest BCUT2D eigenvalue weighted by atomic mass is 19.3. The molecule has 0 amide bonds. The minimum Gasteiger partial charge on any atom is -0.313 e. The van der Waals surface area contributed by atoms with Gasteiger partial charge in [0.15, 0.2) is 17.5 Å². The average molecular weight is 615 g/mol. The van der Waals surface area contributed by atoms with Crippen molar-refractivity contribution >= 4 is 0 Å². The van der Waals surface area contributed by atoms with Crippen LogP contribution in [0.4, 0.5) is 30.7 Å². The van der Waals surface area contributed by atoms with Crippen LogP contribution in [0.5, 0.6) is 0 Å². The molecule has 0 heterocycles. The Labute approximate surface area is 252 Å². The van der Waals surface area contributed by atoms with Crippen LogP contribution in [-0.2, 0) is 17.3 Å². The highest BCUT2D eigenvalue weighted by Crippen LogP contribution is 2.41. The molecule has 0 spiro atoms. The summed E-state index contributed by atoms with van der Waals surface area (Å²) in [5.41, 5.74) is 2.49. The van der Waals surface area contributed by atoms with E-state index in [4.69, 9.17) is 4.74 Å². The molecule has 1 nitrogen and oxygen atoms in total. The summed E-state index contributed by atoms with van der Waals surface area (Å²) in [6.45, 7) is 2.16. The van der Waals surface area contributed by atoms with Gasteiger partial charge in [-0.3, -0.25) is 0 Å². The summed E-state index contributed by atoms with van der Waals surface area (Å²) in [5.74, 6) is -7.47. The summed E-state index contributed by atoms with van der Waals surface area (Å²) in [5, 5.41) is 0. The molecule has 232 valence electrons. The van der Waals surface area contributed by atoms with Gasteiger partial charge < -0.3 is 4.74 Å². The average Bonchev–Trinajstić information content (AvgIpc) is 3.00. The van der Waals surface area contributed by atoms with Crippen molar-refractivity contribution in [1.82, 2.24) is 0 Å². The lowest BCUT2D eigenvalue weighted by atomic mass is 9.82. The molecular formula is C36H33F7O. The molecule has 0 bridgehead atoms. The van der Waals surface area contributed by atoms with Gasteiger partial charge in [0.05, 0.1) is 6.10 Å². The first-order chi connectivity index (χ1) is 21.1. The summed E-state index contributed by atoms with van der Waals surface area (Å²) in [7, 11) is 0. The number of ether oxygens (including phenoxy) is 1. The van der Waals surface area contributed by atoms with Crippen molar-refractivity contribution in [2.45, 2.75) is 76.4 Å². The fraction of sp³-hybridized carbons (Fsp3) is 0.333. The van der Waals surface area contributed by atoms with Crippen LogP contribution in [0, 0.1) is 29.1 Å². The summed E-state index contributed by atoms with van der Waals surface area (Å²) < 4.78 is 106. The first-order valence-corrected chi connectivity index (χ1v) is 14.9. The number of aryl methyl sites for hydroxylation is 1. The lowest BCUT2D eigenvalue weighted by Crippen LogP contribution is -2.31. The second-order valence-corrected chi connectivity index (χ2v) is 11.5. The topological polar surface area (TPSA) is 9.23 Å². The number of unbranched alkanes of at least 4 members (excludes halogenated alkanes) is 2. The summed E-state index contributed by atoms with van der Waals surface area (Å²) >= 11 is 0. The number of hydrogen-bond donors (Lipinski definition) is 0. The van der Waals surface area contributed by atoms with Gasteiger partial charge >= 0.3 is 6.11 Å². The van der Waals surface area contributed by atoms with Crippen LogP contribution >= 0.6 is 0 Å². The molecule has 4 aromatic rings. The summed E-state index contributed by atoms with van der Waals surface area (Å²) in [4.78, 5) is 0. The van der Waals surface area contributed by atoms with Gasteiger partial charge in [0.25, 0.3) is 0 Å². The standard InChI is InChI=1S/C36H33F7O/c1-2-3-4-5-22-6-8-23(9-7-22)24-10-12-25(13-11-24)27-18-30(37)34(31(38)19-27)36(42,43)44-29-16-14-26(15-17-29)28-20-32(39)35(41)33(40)21-28/h6-13,18-21,26,29H,2-5,14-17H2,1H3. The Balaban J connectivity index is 1.24. The van der Waals surface area contributed by atoms with Gasteiger partial charge in [-0.05, 0) is 102 Å². The molecule has 0 N–H and O–H groups in total. The maximum absolute atomic E-state index is 15.1. The molecule has 1 aliphatic rings. The SMILES string of the molecule is CCCCCc1ccc(-c2ccc(-c3cc(F)c(C(F)(F)OC4CCC(c5cc(F)c(F)c(F)c5)CC4)c(F)c3)cc2)cc1. The van der Waals surface area contributed by atoms with Gasteiger partial charge in [-0.25, -0.2) is 22.0 Å². The fourth-order valence-corrected chi connectivity index (χ4v) is 5.91. The van der Waals surface area contributed by atoms with E-state index in [0.717, 1.165) is 54.7 Å². The van der Waals surface area contributed by atoms with Crippen molar-refractivity contribution < 1.29 is 35.5 Å². The number of rotatable bonds is 10. The number of halogens is 7. The first-order valence-electron chi connectivity index (χ1n) is 14.9. The minimum atomic E-state index is -4.25. The van der Waals surface area contributed by atoms with Crippen molar-refractivity contribution in [1.29, 1.82) is 0 Å². The van der Waals surface area contributed by atoms with Crippen LogP contribution in [0.1, 0.15) is 74.5 Å². The van der Waals surface area contributed by atoms with Gasteiger partial charge in [-0.15, -0.1) is 0 Å². The van der Waals surface area contributed by atoms with E-state index in [-0.39, 0.29) is 42.7 Å². The smallest absolute Gasteiger partial charge is 0.313 e. The molecule has 0 unspecified atom stereocenters. The zero-order chi connectivity index (χ0) is 31.4. The Hall–Kier alpha value is -3.65. The zero-order valence-electron chi connectivity index (χ0n) is 24.3. The lowest BCUT2D eigenvalue weighted by molar-refractivity contribution is -0.280. The van der Waals surface area contributed by atoms with Crippen LogP contribution in [0.25, 0.3) is 22.3 Å².